The van der Waals surface area contributed by atoms with Crippen LogP contribution in [0.1, 0.15) is 26.2 Å². The van der Waals surface area contributed by atoms with Gasteiger partial charge in [0.05, 0.1) is 6.61 Å². The summed E-state index contributed by atoms with van der Waals surface area (Å²) in [5.41, 5.74) is 0. The molecule has 0 amide bonds. The second kappa shape index (κ2) is 5.51. The minimum atomic E-state index is 0.299. The minimum absolute atomic E-state index is 0.299. The molecule has 2 unspecified atom stereocenters. The number of ether oxygens (including phenoxy) is 1. The topological polar surface area (TPSA) is 41.5 Å². The fraction of sp³-hybridized carbons (Fsp3) is 1.00. The van der Waals surface area contributed by atoms with Gasteiger partial charge in [-0.1, -0.05) is 0 Å². The third kappa shape index (κ3) is 3.52. The van der Waals surface area contributed by atoms with Gasteiger partial charge in [-0.15, -0.1) is 0 Å². The van der Waals surface area contributed by atoms with Crippen molar-refractivity contribution in [2.45, 2.75) is 38.3 Å². The van der Waals surface area contributed by atoms with Crippen LogP contribution in [0.4, 0.5) is 0 Å². The Morgan fingerprint density at radius 1 is 1.67 bits per heavy atom. The van der Waals surface area contributed by atoms with Crippen molar-refractivity contribution in [2.24, 2.45) is 0 Å². The first-order valence-electron chi connectivity index (χ1n) is 4.77. The zero-order valence-corrected chi connectivity index (χ0v) is 7.75. The molecule has 0 radical (unpaired) electrons. The Morgan fingerprint density at radius 3 is 3.08 bits per heavy atom. The van der Waals surface area contributed by atoms with E-state index in [1.807, 2.05) is 0 Å². The van der Waals surface area contributed by atoms with Gasteiger partial charge in [0, 0.05) is 25.3 Å². The lowest BCUT2D eigenvalue weighted by Crippen LogP contribution is -2.36. The van der Waals surface area contributed by atoms with Crippen LogP contribution >= 0.6 is 0 Å². The molecule has 2 N–H and O–H groups in total. The average molecular weight is 173 g/mol. The highest BCUT2D eigenvalue weighted by Gasteiger charge is 2.16. The molecule has 1 fully saturated rings. The summed E-state index contributed by atoms with van der Waals surface area (Å²) in [6.07, 6.45) is 3.07. The van der Waals surface area contributed by atoms with Crippen LogP contribution in [0.25, 0.3) is 0 Å². The molecule has 0 aromatic carbocycles. The van der Waals surface area contributed by atoms with Crippen LogP contribution in [0, 0.1) is 0 Å². The Balaban J connectivity index is 2.03. The molecule has 1 saturated heterocycles. The van der Waals surface area contributed by atoms with Gasteiger partial charge in [-0.05, 0) is 26.2 Å². The van der Waals surface area contributed by atoms with Crippen LogP contribution in [0.2, 0.25) is 0 Å². The number of aliphatic hydroxyl groups excluding tert-OH is 1. The van der Waals surface area contributed by atoms with E-state index in [1.54, 1.807) is 0 Å². The van der Waals surface area contributed by atoms with Gasteiger partial charge in [0.2, 0.25) is 0 Å². The van der Waals surface area contributed by atoms with E-state index in [-0.39, 0.29) is 0 Å². The standard InChI is InChI=1S/C9H19NO2/c1-8(3-2-5-11)10-9-4-6-12-7-9/h8-11H,2-7H2,1H3. The van der Waals surface area contributed by atoms with Crippen molar-refractivity contribution in [2.75, 3.05) is 19.8 Å². The van der Waals surface area contributed by atoms with E-state index in [0.29, 0.717) is 18.7 Å². The maximum atomic E-state index is 8.62. The first-order chi connectivity index (χ1) is 5.83. The highest BCUT2D eigenvalue weighted by molar-refractivity contribution is 4.74. The van der Waals surface area contributed by atoms with Gasteiger partial charge in [0.25, 0.3) is 0 Å². The Hall–Kier alpha value is -0.120. The lowest BCUT2D eigenvalue weighted by Gasteiger charge is -2.17. The second-order valence-corrected chi connectivity index (χ2v) is 3.49. The van der Waals surface area contributed by atoms with Crippen molar-refractivity contribution in [1.82, 2.24) is 5.32 Å². The van der Waals surface area contributed by atoms with Gasteiger partial charge in [0.15, 0.2) is 0 Å². The Labute approximate surface area is 74.1 Å². The van der Waals surface area contributed by atoms with Crippen molar-refractivity contribution < 1.29 is 9.84 Å². The molecule has 0 saturated carbocycles. The minimum Gasteiger partial charge on any atom is -0.396 e. The molecule has 1 aliphatic rings. The molecule has 1 aliphatic heterocycles. The third-order valence-electron chi connectivity index (χ3n) is 2.25. The summed E-state index contributed by atoms with van der Waals surface area (Å²) < 4.78 is 5.25. The van der Waals surface area contributed by atoms with Crippen LogP contribution in [-0.4, -0.2) is 37.0 Å². The van der Waals surface area contributed by atoms with E-state index in [0.717, 1.165) is 32.5 Å². The predicted molar refractivity (Wildman–Crippen MR) is 48.1 cm³/mol. The number of aliphatic hydroxyl groups is 1. The number of hydrogen-bond donors (Lipinski definition) is 2. The molecule has 72 valence electrons. The molecule has 0 aliphatic carbocycles. The lowest BCUT2D eigenvalue weighted by atomic mass is 10.1. The molecule has 0 bridgehead atoms. The Bertz CT molecular complexity index is 113. The summed E-state index contributed by atoms with van der Waals surface area (Å²) in [4.78, 5) is 0. The van der Waals surface area contributed by atoms with Crippen LogP contribution in [0.3, 0.4) is 0 Å². The third-order valence-corrected chi connectivity index (χ3v) is 2.25. The fourth-order valence-electron chi connectivity index (χ4n) is 1.55. The van der Waals surface area contributed by atoms with Crippen molar-refractivity contribution in [3.63, 3.8) is 0 Å². The quantitative estimate of drug-likeness (QED) is 0.637. The Morgan fingerprint density at radius 2 is 2.50 bits per heavy atom. The van der Waals surface area contributed by atoms with E-state index in [1.165, 1.54) is 0 Å². The summed E-state index contributed by atoms with van der Waals surface area (Å²) in [6, 6.07) is 1.04. The van der Waals surface area contributed by atoms with Gasteiger partial charge < -0.3 is 15.2 Å². The summed E-state index contributed by atoms with van der Waals surface area (Å²) >= 11 is 0. The summed E-state index contributed by atoms with van der Waals surface area (Å²) in [7, 11) is 0. The molecule has 1 rings (SSSR count). The van der Waals surface area contributed by atoms with Crippen molar-refractivity contribution in [3.05, 3.63) is 0 Å². The van der Waals surface area contributed by atoms with E-state index >= 15 is 0 Å². The van der Waals surface area contributed by atoms with E-state index in [4.69, 9.17) is 9.84 Å². The molecule has 3 nitrogen and oxygen atoms in total. The molecule has 12 heavy (non-hydrogen) atoms. The first-order valence-corrected chi connectivity index (χ1v) is 4.77. The maximum Gasteiger partial charge on any atom is 0.0620 e. The molecule has 0 aromatic rings. The molecular weight excluding hydrogens is 154 g/mol. The first kappa shape index (κ1) is 9.96. The van der Waals surface area contributed by atoms with Gasteiger partial charge in [-0.25, -0.2) is 0 Å². The van der Waals surface area contributed by atoms with E-state index in [9.17, 15) is 0 Å². The zero-order valence-electron chi connectivity index (χ0n) is 7.75. The Kier molecular flexibility index (Phi) is 4.58. The van der Waals surface area contributed by atoms with Crippen LogP contribution in [0.15, 0.2) is 0 Å². The van der Waals surface area contributed by atoms with E-state index < -0.39 is 0 Å². The molecule has 1 heterocycles. The summed E-state index contributed by atoms with van der Waals surface area (Å²) in [6.45, 7) is 4.20. The van der Waals surface area contributed by atoms with Gasteiger partial charge in [0.1, 0.15) is 0 Å². The van der Waals surface area contributed by atoms with Gasteiger partial charge in [-0.2, -0.15) is 0 Å². The highest BCUT2D eigenvalue weighted by atomic mass is 16.5. The van der Waals surface area contributed by atoms with Crippen LogP contribution in [0.5, 0.6) is 0 Å². The van der Waals surface area contributed by atoms with Crippen molar-refractivity contribution >= 4 is 0 Å². The smallest absolute Gasteiger partial charge is 0.0620 e. The summed E-state index contributed by atoms with van der Waals surface area (Å²) in [5, 5.41) is 12.1. The van der Waals surface area contributed by atoms with Crippen LogP contribution in [-0.2, 0) is 4.74 Å². The second-order valence-electron chi connectivity index (χ2n) is 3.49. The van der Waals surface area contributed by atoms with Gasteiger partial charge >= 0.3 is 0 Å². The van der Waals surface area contributed by atoms with Crippen molar-refractivity contribution in [3.8, 4) is 0 Å². The van der Waals surface area contributed by atoms with Crippen molar-refractivity contribution in [1.29, 1.82) is 0 Å². The number of rotatable bonds is 5. The molecular formula is C9H19NO2. The van der Waals surface area contributed by atoms with Gasteiger partial charge in [-0.3, -0.25) is 0 Å². The molecule has 2 atom stereocenters. The molecule has 3 heteroatoms. The summed E-state index contributed by atoms with van der Waals surface area (Å²) in [5.74, 6) is 0. The maximum absolute atomic E-state index is 8.62. The largest absolute Gasteiger partial charge is 0.396 e. The van der Waals surface area contributed by atoms with E-state index in [2.05, 4.69) is 12.2 Å². The predicted octanol–water partition coefficient (Wildman–Crippen LogP) is 0.526. The molecule has 0 aromatic heterocycles. The van der Waals surface area contributed by atoms with Crippen LogP contribution < -0.4 is 5.32 Å². The normalized spacial score (nSPS) is 26.0. The highest BCUT2D eigenvalue weighted by Crippen LogP contribution is 2.06. The number of nitrogens with one attached hydrogen (secondary N) is 1. The zero-order chi connectivity index (χ0) is 8.81. The average Bonchev–Trinajstić information content (AvgIpc) is 2.53. The monoisotopic (exact) mass is 173 g/mol. The fourth-order valence-corrected chi connectivity index (χ4v) is 1.55. The number of hydrogen-bond acceptors (Lipinski definition) is 3. The SMILES string of the molecule is CC(CCCO)NC1CCOC1. The molecule has 0 spiro atoms. The lowest BCUT2D eigenvalue weighted by molar-refractivity contribution is 0.187.